The van der Waals surface area contributed by atoms with Crippen molar-refractivity contribution in [1.29, 1.82) is 5.26 Å². The Morgan fingerprint density at radius 2 is 2.12 bits per heavy atom. The maximum atomic E-state index is 11.4. The fraction of sp³-hybridized carbons (Fsp3) is 0.231. The Morgan fingerprint density at radius 3 is 2.71 bits per heavy atom. The molecule has 0 aliphatic heterocycles. The average Bonchev–Trinajstić information content (AvgIpc) is 2.37. The summed E-state index contributed by atoms with van der Waals surface area (Å²) >= 11 is 0. The van der Waals surface area contributed by atoms with Crippen LogP contribution in [0.3, 0.4) is 0 Å². The smallest absolute Gasteiger partial charge is 0.234 e. The zero-order chi connectivity index (χ0) is 12.5. The van der Waals surface area contributed by atoms with Crippen molar-refractivity contribution in [2.24, 2.45) is 0 Å². The summed E-state index contributed by atoms with van der Waals surface area (Å²) in [7, 11) is 0. The summed E-state index contributed by atoms with van der Waals surface area (Å²) in [5.41, 5.74) is 1.59. The number of nitrogens with one attached hydrogen (secondary N) is 2. The largest absolute Gasteiger partial charge is 0.351 e. The molecule has 2 N–H and O–H groups in total. The van der Waals surface area contributed by atoms with Gasteiger partial charge in [0.1, 0.15) is 0 Å². The number of nitrogens with zero attached hydrogens (tertiary/aromatic N) is 1. The number of carbonyl (C=O) groups excluding carboxylic acids is 1. The van der Waals surface area contributed by atoms with Gasteiger partial charge in [-0.2, -0.15) is 5.26 Å². The fourth-order valence-corrected chi connectivity index (χ4v) is 1.25. The summed E-state index contributed by atoms with van der Waals surface area (Å²) in [6.07, 6.45) is 1.70. The average molecular weight is 229 g/mol. The number of nitriles is 1. The number of hydrogen-bond donors (Lipinski definition) is 2. The minimum Gasteiger partial charge on any atom is -0.351 e. The Balaban J connectivity index is 2.32. The van der Waals surface area contributed by atoms with Crippen molar-refractivity contribution >= 4 is 5.91 Å². The van der Waals surface area contributed by atoms with Gasteiger partial charge in [-0.15, -0.1) is 6.58 Å². The monoisotopic (exact) mass is 229 g/mol. The van der Waals surface area contributed by atoms with Gasteiger partial charge in [0.2, 0.25) is 5.91 Å². The SMILES string of the molecule is C=CCNCC(=O)NCc1ccc(C#N)cc1. The molecule has 4 nitrogen and oxygen atoms in total. The minimum absolute atomic E-state index is 0.0591. The van der Waals surface area contributed by atoms with E-state index in [-0.39, 0.29) is 12.5 Å². The minimum atomic E-state index is -0.0591. The van der Waals surface area contributed by atoms with E-state index in [1.165, 1.54) is 0 Å². The van der Waals surface area contributed by atoms with Crippen LogP contribution in [0.1, 0.15) is 11.1 Å². The van der Waals surface area contributed by atoms with E-state index < -0.39 is 0 Å². The van der Waals surface area contributed by atoms with Crippen LogP contribution in [0.4, 0.5) is 0 Å². The Bertz CT molecular complexity index is 417. The Hall–Kier alpha value is -2.12. The first kappa shape index (κ1) is 12.9. The molecule has 0 saturated carbocycles. The normalized spacial score (nSPS) is 9.35. The molecule has 1 rings (SSSR count). The molecule has 1 aromatic carbocycles. The molecular weight excluding hydrogens is 214 g/mol. The first-order valence-corrected chi connectivity index (χ1v) is 5.33. The first-order valence-electron chi connectivity index (χ1n) is 5.33. The Morgan fingerprint density at radius 1 is 1.41 bits per heavy atom. The molecule has 0 heterocycles. The lowest BCUT2D eigenvalue weighted by molar-refractivity contribution is -0.120. The second kappa shape index (κ2) is 7.20. The molecule has 17 heavy (non-hydrogen) atoms. The van der Waals surface area contributed by atoms with Gasteiger partial charge in [-0.05, 0) is 17.7 Å². The zero-order valence-electron chi connectivity index (χ0n) is 9.57. The topological polar surface area (TPSA) is 64.9 Å². The highest BCUT2D eigenvalue weighted by molar-refractivity contribution is 5.77. The van der Waals surface area contributed by atoms with Gasteiger partial charge in [0.15, 0.2) is 0 Å². The number of benzene rings is 1. The highest BCUT2D eigenvalue weighted by Crippen LogP contribution is 2.02. The van der Waals surface area contributed by atoms with E-state index >= 15 is 0 Å². The molecule has 4 heteroatoms. The number of hydrogen-bond acceptors (Lipinski definition) is 3. The summed E-state index contributed by atoms with van der Waals surface area (Å²) in [5.74, 6) is -0.0591. The van der Waals surface area contributed by atoms with Gasteiger partial charge in [-0.1, -0.05) is 18.2 Å². The van der Waals surface area contributed by atoms with Crippen LogP contribution in [0, 0.1) is 11.3 Å². The van der Waals surface area contributed by atoms with Crippen molar-refractivity contribution < 1.29 is 4.79 Å². The van der Waals surface area contributed by atoms with Crippen molar-refractivity contribution in [2.75, 3.05) is 13.1 Å². The second-order valence-corrected chi connectivity index (χ2v) is 3.51. The van der Waals surface area contributed by atoms with Crippen molar-refractivity contribution in [3.05, 3.63) is 48.0 Å². The van der Waals surface area contributed by atoms with Crippen LogP contribution < -0.4 is 10.6 Å². The zero-order valence-corrected chi connectivity index (χ0v) is 9.57. The van der Waals surface area contributed by atoms with Gasteiger partial charge in [-0.3, -0.25) is 4.79 Å². The number of amides is 1. The van der Waals surface area contributed by atoms with E-state index in [1.54, 1.807) is 18.2 Å². The van der Waals surface area contributed by atoms with Gasteiger partial charge >= 0.3 is 0 Å². The summed E-state index contributed by atoms with van der Waals surface area (Å²) in [6.45, 7) is 4.91. The highest BCUT2D eigenvalue weighted by atomic mass is 16.1. The molecule has 1 aromatic rings. The van der Waals surface area contributed by atoms with Gasteiger partial charge in [0.05, 0.1) is 18.2 Å². The van der Waals surface area contributed by atoms with Crippen LogP contribution in [-0.4, -0.2) is 19.0 Å². The third-order valence-electron chi connectivity index (χ3n) is 2.15. The van der Waals surface area contributed by atoms with Crippen molar-refractivity contribution in [3.63, 3.8) is 0 Å². The quantitative estimate of drug-likeness (QED) is 0.564. The van der Waals surface area contributed by atoms with E-state index in [2.05, 4.69) is 17.2 Å². The molecule has 0 aromatic heterocycles. The Labute approximate surface area is 101 Å². The molecular formula is C13H15N3O. The lowest BCUT2D eigenvalue weighted by Gasteiger charge is -2.05. The number of carbonyl (C=O) groups is 1. The van der Waals surface area contributed by atoms with Crippen molar-refractivity contribution in [3.8, 4) is 6.07 Å². The maximum absolute atomic E-state index is 11.4. The predicted octanol–water partition coefficient (Wildman–Crippen LogP) is 0.950. The van der Waals surface area contributed by atoms with Crippen LogP contribution in [0.2, 0.25) is 0 Å². The molecule has 0 unspecified atom stereocenters. The first-order chi connectivity index (χ1) is 8.26. The molecule has 1 amide bonds. The van der Waals surface area contributed by atoms with Crippen LogP contribution in [-0.2, 0) is 11.3 Å². The molecule has 0 radical (unpaired) electrons. The van der Waals surface area contributed by atoms with E-state index in [4.69, 9.17) is 5.26 Å². The van der Waals surface area contributed by atoms with Gasteiger partial charge in [0.25, 0.3) is 0 Å². The molecule has 0 fully saturated rings. The molecule has 88 valence electrons. The lowest BCUT2D eigenvalue weighted by Crippen LogP contribution is -2.33. The van der Waals surface area contributed by atoms with E-state index in [9.17, 15) is 4.79 Å². The molecule has 0 spiro atoms. The molecule has 0 aliphatic carbocycles. The molecule has 0 aliphatic rings. The third-order valence-corrected chi connectivity index (χ3v) is 2.15. The second-order valence-electron chi connectivity index (χ2n) is 3.51. The van der Waals surface area contributed by atoms with E-state index in [0.29, 0.717) is 18.7 Å². The molecule has 0 atom stereocenters. The highest BCUT2D eigenvalue weighted by Gasteiger charge is 1.99. The van der Waals surface area contributed by atoms with Crippen LogP contribution >= 0.6 is 0 Å². The van der Waals surface area contributed by atoms with Crippen LogP contribution in [0.15, 0.2) is 36.9 Å². The summed E-state index contributed by atoms with van der Waals surface area (Å²) in [5, 5.41) is 14.3. The fourth-order valence-electron chi connectivity index (χ4n) is 1.25. The summed E-state index contributed by atoms with van der Waals surface area (Å²) in [4.78, 5) is 11.4. The lowest BCUT2D eigenvalue weighted by atomic mass is 10.1. The Kier molecular flexibility index (Phi) is 5.49. The molecule has 0 bridgehead atoms. The van der Waals surface area contributed by atoms with Gasteiger partial charge in [0, 0.05) is 13.1 Å². The van der Waals surface area contributed by atoms with Gasteiger partial charge < -0.3 is 10.6 Å². The van der Waals surface area contributed by atoms with E-state index in [0.717, 1.165) is 5.56 Å². The molecule has 0 saturated heterocycles. The third kappa shape index (κ3) is 4.96. The van der Waals surface area contributed by atoms with Crippen molar-refractivity contribution in [1.82, 2.24) is 10.6 Å². The summed E-state index contributed by atoms with van der Waals surface area (Å²) < 4.78 is 0. The number of rotatable bonds is 6. The van der Waals surface area contributed by atoms with Crippen molar-refractivity contribution in [2.45, 2.75) is 6.54 Å². The standard InChI is InChI=1S/C13H15N3O/c1-2-7-15-10-13(17)16-9-12-5-3-11(8-14)4-6-12/h2-6,15H,1,7,9-10H2,(H,16,17). The van der Waals surface area contributed by atoms with Crippen LogP contribution in [0.25, 0.3) is 0 Å². The predicted molar refractivity (Wildman–Crippen MR) is 66.1 cm³/mol. The van der Waals surface area contributed by atoms with Gasteiger partial charge in [-0.25, -0.2) is 0 Å². The van der Waals surface area contributed by atoms with E-state index in [1.807, 2.05) is 18.2 Å². The maximum Gasteiger partial charge on any atom is 0.234 e. The summed E-state index contributed by atoms with van der Waals surface area (Å²) in [6, 6.07) is 9.17. The van der Waals surface area contributed by atoms with Crippen LogP contribution in [0.5, 0.6) is 0 Å².